The highest BCUT2D eigenvalue weighted by Crippen LogP contribution is 2.18. The average Bonchev–Trinajstić information content (AvgIpc) is 2.44. The maximum absolute atomic E-state index is 13.5. The third-order valence-electron chi connectivity index (χ3n) is 3.29. The lowest BCUT2D eigenvalue weighted by Gasteiger charge is -2.17. The zero-order chi connectivity index (χ0) is 15.8. The SMILES string of the molecule is CCCCC(CCC)NC(=O)c1ccc([N+](=O)[O-])c(F)c1. The maximum Gasteiger partial charge on any atom is 0.304 e. The number of hydrogen-bond donors (Lipinski definition) is 1. The molecular formula is C15H21FN2O3. The number of carbonyl (C=O) groups is 1. The zero-order valence-corrected chi connectivity index (χ0v) is 12.4. The van der Waals surface area contributed by atoms with E-state index in [9.17, 15) is 19.3 Å². The Morgan fingerprint density at radius 3 is 2.57 bits per heavy atom. The van der Waals surface area contributed by atoms with Crippen molar-refractivity contribution in [2.75, 3.05) is 0 Å². The summed E-state index contributed by atoms with van der Waals surface area (Å²) in [6.07, 6.45) is 4.75. The van der Waals surface area contributed by atoms with Crippen LogP contribution in [0.5, 0.6) is 0 Å². The number of benzene rings is 1. The molecule has 5 nitrogen and oxygen atoms in total. The predicted molar refractivity (Wildman–Crippen MR) is 78.7 cm³/mol. The van der Waals surface area contributed by atoms with Gasteiger partial charge < -0.3 is 5.32 Å². The summed E-state index contributed by atoms with van der Waals surface area (Å²) in [5.74, 6) is -1.38. The van der Waals surface area contributed by atoms with E-state index in [2.05, 4.69) is 12.2 Å². The molecule has 1 amide bonds. The van der Waals surface area contributed by atoms with Crippen LogP contribution in [-0.4, -0.2) is 16.9 Å². The molecule has 21 heavy (non-hydrogen) atoms. The first-order valence-corrected chi connectivity index (χ1v) is 7.24. The van der Waals surface area contributed by atoms with Gasteiger partial charge in [-0.15, -0.1) is 0 Å². The minimum atomic E-state index is -0.992. The molecule has 6 heteroatoms. The van der Waals surface area contributed by atoms with E-state index in [0.29, 0.717) is 0 Å². The van der Waals surface area contributed by atoms with Crippen molar-refractivity contribution in [2.45, 2.75) is 52.0 Å². The third-order valence-corrected chi connectivity index (χ3v) is 3.29. The molecular weight excluding hydrogens is 275 g/mol. The van der Waals surface area contributed by atoms with Crippen molar-refractivity contribution in [3.63, 3.8) is 0 Å². The molecule has 0 bridgehead atoms. The van der Waals surface area contributed by atoms with Crippen molar-refractivity contribution in [2.24, 2.45) is 0 Å². The summed E-state index contributed by atoms with van der Waals surface area (Å²) < 4.78 is 13.5. The fourth-order valence-corrected chi connectivity index (χ4v) is 2.15. The van der Waals surface area contributed by atoms with Gasteiger partial charge in [0.1, 0.15) is 0 Å². The largest absolute Gasteiger partial charge is 0.349 e. The fraction of sp³-hybridized carbons (Fsp3) is 0.533. The van der Waals surface area contributed by atoms with Crippen LogP contribution in [0.25, 0.3) is 0 Å². The minimum absolute atomic E-state index is 0.0562. The van der Waals surface area contributed by atoms with Gasteiger partial charge in [-0.3, -0.25) is 14.9 Å². The molecule has 0 heterocycles. The molecule has 1 atom stereocenters. The van der Waals surface area contributed by atoms with Crippen molar-refractivity contribution in [3.05, 3.63) is 39.7 Å². The maximum atomic E-state index is 13.5. The highest BCUT2D eigenvalue weighted by Gasteiger charge is 2.18. The summed E-state index contributed by atoms with van der Waals surface area (Å²) in [4.78, 5) is 21.8. The van der Waals surface area contributed by atoms with Gasteiger partial charge in [0.25, 0.3) is 5.91 Å². The van der Waals surface area contributed by atoms with Crippen LogP contribution in [0, 0.1) is 15.9 Å². The quantitative estimate of drug-likeness (QED) is 0.585. The fourth-order valence-electron chi connectivity index (χ4n) is 2.15. The van der Waals surface area contributed by atoms with Crippen LogP contribution >= 0.6 is 0 Å². The first-order chi connectivity index (χ1) is 9.99. The van der Waals surface area contributed by atoms with E-state index in [1.54, 1.807) is 0 Å². The molecule has 1 aromatic rings. The Morgan fingerprint density at radius 1 is 1.33 bits per heavy atom. The second-order valence-electron chi connectivity index (χ2n) is 5.02. The Bertz CT molecular complexity index is 506. The lowest BCUT2D eigenvalue weighted by atomic mass is 10.0. The highest BCUT2D eigenvalue weighted by atomic mass is 19.1. The van der Waals surface area contributed by atoms with Crippen LogP contribution in [0.3, 0.4) is 0 Å². The van der Waals surface area contributed by atoms with Crippen molar-refractivity contribution < 1.29 is 14.1 Å². The van der Waals surface area contributed by atoms with Gasteiger partial charge in [0.2, 0.25) is 5.82 Å². The Balaban J connectivity index is 2.77. The summed E-state index contributed by atoms with van der Waals surface area (Å²) in [7, 11) is 0. The summed E-state index contributed by atoms with van der Waals surface area (Å²) >= 11 is 0. The summed E-state index contributed by atoms with van der Waals surface area (Å²) in [6, 6.07) is 3.27. The minimum Gasteiger partial charge on any atom is -0.349 e. The lowest BCUT2D eigenvalue weighted by molar-refractivity contribution is -0.387. The number of nitro groups is 1. The van der Waals surface area contributed by atoms with Gasteiger partial charge in [-0.25, -0.2) is 0 Å². The summed E-state index contributed by atoms with van der Waals surface area (Å²) in [6.45, 7) is 4.12. The smallest absolute Gasteiger partial charge is 0.304 e. The third kappa shape index (κ3) is 5.13. The molecule has 1 unspecified atom stereocenters. The van der Waals surface area contributed by atoms with Crippen molar-refractivity contribution >= 4 is 11.6 Å². The summed E-state index contributed by atoms with van der Waals surface area (Å²) in [5.41, 5.74) is -0.515. The molecule has 0 saturated carbocycles. The van der Waals surface area contributed by atoms with Crippen LogP contribution in [0.1, 0.15) is 56.3 Å². The molecule has 0 aliphatic heterocycles. The van der Waals surface area contributed by atoms with E-state index in [4.69, 9.17) is 0 Å². The molecule has 0 aromatic heterocycles. The molecule has 0 spiro atoms. The molecule has 1 aromatic carbocycles. The molecule has 1 rings (SSSR count). The molecule has 0 aliphatic rings. The topological polar surface area (TPSA) is 72.2 Å². The van der Waals surface area contributed by atoms with E-state index < -0.39 is 22.3 Å². The van der Waals surface area contributed by atoms with Gasteiger partial charge in [-0.1, -0.05) is 33.1 Å². The van der Waals surface area contributed by atoms with E-state index in [-0.39, 0.29) is 11.6 Å². The number of halogens is 1. The Hall–Kier alpha value is -1.98. The second-order valence-corrected chi connectivity index (χ2v) is 5.02. The van der Waals surface area contributed by atoms with Gasteiger partial charge in [0, 0.05) is 17.7 Å². The van der Waals surface area contributed by atoms with Gasteiger partial charge in [0.05, 0.1) is 4.92 Å². The Labute approximate surface area is 123 Å². The van der Waals surface area contributed by atoms with E-state index >= 15 is 0 Å². The predicted octanol–water partition coefficient (Wildman–Crippen LogP) is 3.82. The number of rotatable bonds is 8. The molecule has 116 valence electrons. The monoisotopic (exact) mass is 296 g/mol. The van der Waals surface area contributed by atoms with Gasteiger partial charge in [-0.2, -0.15) is 4.39 Å². The lowest BCUT2D eigenvalue weighted by Crippen LogP contribution is -2.34. The van der Waals surface area contributed by atoms with Crippen LogP contribution in [0.15, 0.2) is 18.2 Å². The van der Waals surface area contributed by atoms with E-state index in [1.165, 1.54) is 6.07 Å². The van der Waals surface area contributed by atoms with Crippen LogP contribution in [-0.2, 0) is 0 Å². The number of nitrogens with one attached hydrogen (secondary N) is 1. The highest BCUT2D eigenvalue weighted by molar-refractivity contribution is 5.94. The van der Waals surface area contributed by atoms with Crippen molar-refractivity contribution in [1.29, 1.82) is 0 Å². The first kappa shape index (κ1) is 17.1. The van der Waals surface area contributed by atoms with Crippen molar-refractivity contribution in [3.8, 4) is 0 Å². The standard InChI is InChI=1S/C15H21FN2O3/c1-3-5-7-12(6-4-2)17-15(19)11-8-9-14(18(20)21)13(16)10-11/h8-10,12H,3-7H2,1-2H3,(H,17,19). The van der Waals surface area contributed by atoms with Crippen molar-refractivity contribution in [1.82, 2.24) is 5.32 Å². The number of nitrogens with zero attached hydrogens (tertiary/aromatic N) is 1. The summed E-state index contributed by atoms with van der Waals surface area (Å²) in [5, 5.41) is 13.4. The number of nitro benzene ring substituents is 1. The molecule has 0 saturated heterocycles. The molecule has 0 radical (unpaired) electrons. The van der Waals surface area contributed by atoms with E-state index in [1.807, 2.05) is 6.92 Å². The number of amides is 1. The number of unbranched alkanes of at least 4 members (excludes halogenated alkanes) is 1. The number of hydrogen-bond acceptors (Lipinski definition) is 3. The van der Waals surface area contributed by atoms with Gasteiger partial charge >= 0.3 is 5.69 Å². The van der Waals surface area contributed by atoms with Gasteiger partial charge in [-0.05, 0) is 25.0 Å². The number of carbonyl (C=O) groups excluding carboxylic acids is 1. The first-order valence-electron chi connectivity index (χ1n) is 7.24. The van der Waals surface area contributed by atoms with E-state index in [0.717, 1.165) is 44.2 Å². The second kappa shape index (κ2) is 8.34. The average molecular weight is 296 g/mol. The molecule has 0 fully saturated rings. The normalized spacial score (nSPS) is 12.0. The van der Waals surface area contributed by atoms with Crippen LogP contribution < -0.4 is 5.32 Å². The van der Waals surface area contributed by atoms with Gasteiger partial charge in [0.15, 0.2) is 0 Å². The van der Waals surface area contributed by atoms with Crippen LogP contribution in [0.2, 0.25) is 0 Å². The van der Waals surface area contributed by atoms with Crippen LogP contribution in [0.4, 0.5) is 10.1 Å². The molecule has 0 aliphatic carbocycles. The molecule has 1 N–H and O–H groups in total. The zero-order valence-electron chi connectivity index (χ0n) is 12.4. The Kier molecular flexibility index (Phi) is 6.78. The Morgan fingerprint density at radius 2 is 2.05 bits per heavy atom.